The highest BCUT2D eigenvalue weighted by molar-refractivity contribution is 5.86. The van der Waals surface area contributed by atoms with Crippen molar-refractivity contribution in [2.24, 2.45) is 11.3 Å². The van der Waals surface area contributed by atoms with Gasteiger partial charge < -0.3 is 10.2 Å². The van der Waals surface area contributed by atoms with E-state index >= 15 is 0 Å². The van der Waals surface area contributed by atoms with Crippen molar-refractivity contribution in [3.8, 4) is 11.1 Å². The summed E-state index contributed by atoms with van der Waals surface area (Å²) < 4.78 is 0. The summed E-state index contributed by atoms with van der Waals surface area (Å²) >= 11 is 0. The van der Waals surface area contributed by atoms with Crippen molar-refractivity contribution < 1.29 is 9.59 Å². The zero-order valence-corrected chi connectivity index (χ0v) is 17.1. The number of carbonyl (C=O) groups is 2. The molecule has 0 unspecified atom stereocenters. The molecule has 2 amide bonds. The van der Waals surface area contributed by atoms with Gasteiger partial charge in [0.25, 0.3) is 0 Å². The first kappa shape index (κ1) is 19.6. The normalized spacial score (nSPS) is 21.6. The number of nitrogens with one attached hydrogen (secondary N) is 1. The maximum Gasteiger partial charge on any atom is 0.228 e. The van der Waals surface area contributed by atoms with Gasteiger partial charge in [-0.2, -0.15) is 0 Å². The van der Waals surface area contributed by atoms with Crippen molar-refractivity contribution in [1.29, 1.82) is 0 Å². The number of pyridine rings is 1. The highest BCUT2D eigenvalue weighted by atomic mass is 16.2. The number of rotatable bonds is 6. The van der Waals surface area contributed by atoms with Crippen LogP contribution in [0.5, 0.6) is 0 Å². The van der Waals surface area contributed by atoms with Crippen molar-refractivity contribution in [3.63, 3.8) is 0 Å². The summed E-state index contributed by atoms with van der Waals surface area (Å²) in [6.07, 6.45) is 7.88. The zero-order chi connectivity index (χ0) is 20.3. The van der Waals surface area contributed by atoms with Gasteiger partial charge in [0.1, 0.15) is 0 Å². The van der Waals surface area contributed by atoms with Crippen molar-refractivity contribution in [2.45, 2.75) is 39.0 Å². The fourth-order valence-electron chi connectivity index (χ4n) is 4.52. The SMILES string of the molecule is CCNC(=O)[C@]1(Cc2ccccc2-c2ccncc2)CCCN(C(=O)C2CC2)C1. The van der Waals surface area contributed by atoms with Gasteiger partial charge in [0, 0.05) is 37.9 Å². The Hall–Kier alpha value is -2.69. The van der Waals surface area contributed by atoms with Gasteiger partial charge in [-0.1, -0.05) is 24.3 Å². The van der Waals surface area contributed by atoms with E-state index in [0.717, 1.165) is 48.9 Å². The minimum Gasteiger partial charge on any atom is -0.356 e. The molecule has 2 aromatic rings. The van der Waals surface area contributed by atoms with Crippen LogP contribution in [0.1, 0.15) is 38.2 Å². The quantitative estimate of drug-likeness (QED) is 0.820. The van der Waals surface area contributed by atoms with E-state index in [9.17, 15) is 9.59 Å². The first-order valence-electron chi connectivity index (χ1n) is 10.7. The molecule has 2 heterocycles. The number of likely N-dealkylation sites (tertiary alicyclic amines) is 1. The second kappa shape index (κ2) is 8.36. The third-order valence-corrected chi connectivity index (χ3v) is 6.17. The third kappa shape index (κ3) is 4.19. The lowest BCUT2D eigenvalue weighted by molar-refractivity contribution is -0.142. The number of nitrogens with zero attached hydrogens (tertiary/aromatic N) is 2. The number of amides is 2. The number of piperidine rings is 1. The van der Waals surface area contributed by atoms with E-state index < -0.39 is 5.41 Å². The minimum absolute atomic E-state index is 0.0674. The molecule has 2 aliphatic rings. The van der Waals surface area contributed by atoms with Crippen LogP contribution in [-0.2, 0) is 16.0 Å². The Kier molecular flexibility index (Phi) is 5.65. The lowest BCUT2D eigenvalue weighted by Crippen LogP contribution is -2.54. The number of aromatic nitrogens is 1. The smallest absolute Gasteiger partial charge is 0.228 e. The summed E-state index contributed by atoms with van der Waals surface area (Å²) in [6, 6.07) is 12.3. The summed E-state index contributed by atoms with van der Waals surface area (Å²) in [7, 11) is 0. The predicted molar refractivity (Wildman–Crippen MR) is 113 cm³/mol. The Morgan fingerprint density at radius 1 is 1.17 bits per heavy atom. The lowest BCUT2D eigenvalue weighted by atomic mass is 9.73. The lowest BCUT2D eigenvalue weighted by Gasteiger charge is -2.42. The maximum absolute atomic E-state index is 13.3. The monoisotopic (exact) mass is 391 g/mol. The Labute approximate surface area is 172 Å². The molecule has 1 atom stereocenters. The first-order valence-corrected chi connectivity index (χ1v) is 10.7. The summed E-state index contributed by atoms with van der Waals surface area (Å²) in [5.41, 5.74) is 2.79. The van der Waals surface area contributed by atoms with E-state index in [1.54, 1.807) is 12.4 Å². The highest BCUT2D eigenvalue weighted by Crippen LogP contribution is 2.39. The molecule has 1 aliphatic heterocycles. The molecular formula is C24H29N3O2. The number of benzene rings is 1. The first-order chi connectivity index (χ1) is 14.1. The van der Waals surface area contributed by atoms with Gasteiger partial charge in [-0.15, -0.1) is 0 Å². The highest BCUT2D eigenvalue weighted by Gasteiger charge is 2.45. The molecule has 1 saturated heterocycles. The number of carbonyl (C=O) groups excluding carboxylic acids is 2. The maximum atomic E-state index is 13.3. The fraction of sp³-hybridized carbons (Fsp3) is 0.458. The molecule has 5 heteroatoms. The molecule has 2 fully saturated rings. The van der Waals surface area contributed by atoms with Gasteiger partial charge >= 0.3 is 0 Å². The molecule has 0 spiro atoms. The van der Waals surface area contributed by atoms with Crippen LogP contribution >= 0.6 is 0 Å². The van der Waals surface area contributed by atoms with Gasteiger partial charge in [0.2, 0.25) is 11.8 Å². The molecule has 1 aromatic heterocycles. The Morgan fingerprint density at radius 2 is 1.93 bits per heavy atom. The standard InChI is InChI=1S/C24H29N3O2/c1-2-26-23(29)24(12-5-15-27(17-24)22(28)19-8-9-19)16-20-6-3-4-7-21(20)18-10-13-25-14-11-18/h3-4,6-7,10-11,13-14,19H,2,5,8-9,12,15-17H2,1H3,(H,26,29)/t24-/m0/s1. The molecule has 5 nitrogen and oxygen atoms in total. The van der Waals surface area contributed by atoms with Crippen molar-refractivity contribution in [1.82, 2.24) is 15.2 Å². The molecule has 152 valence electrons. The van der Waals surface area contributed by atoms with Crippen LogP contribution < -0.4 is 5.32 Å². The van der Waals surface area contributed by atoms with Crippen molar-refractivity contribution >= 4 is 11.8 Å². The van der Waals surface area contributed by atoms with Gasteiger partial charge in [-0.05, 0) is 67.9 Å². The largest absolute Gasteiger partial charge is 0.356 e. The van der Waals surface area contributed by atoms with Crippen LogP contribution in [0.15, 0.2) is 48.8 Å². The van der Waals surface area contributed by atoms with Crippen LogP contribution in [0.25, 0.3) is 11.1 Å². The van der Waals surface area contributed by atoms with Gasteiger partial charge in [0.05, 0.1) is 5.41 Å². The average molecular weight is 392 g/mol. The van der Waals surface area contributed by atoms with Crippen LogP contribution in [0.4, 0.5) is 0 Å². The fourth-order valence-corrected chi connectivity index (χ4v) is 4.52. The predicted octanol–water partition coefficient (Wildman–Crippen LogP) is 3.45. The Balaban J connectivity index is 1.67. The molecule has 0 radical (unpaired) electrons. The summed E-state index contributed by atoms with van der Waals surface area (Å²) in [5, 5.41) is 3.05. The van der Waals surface area contributed by atoms with Crippen LogP contribution in [0.3, 0.4) is 0 Å². The van der Waals surface area contributed by atoms with Crippen LogP contribution in [0, 0.1) is 11.3 Å². The second-order valence-electron chi connectivity index (χ2n) is 8.35. The van der Waals surface area contributed by atoms with Crippen molar-refractivity contribution in [2.75, 3.05) is 19.6 Å². The van der Waals surface area contributed by atoms with Crippen LogP contribution in [0.2, 0.25) is 0 Å². The van der Waals surface area contributed by atoms with Gasteiger partial charge in [0.15, 0.2) is 0 Å². The van der Waals surface area contributed by atoms with Crippen molar-refractivity contribution in [3.05, 3.63) is 54.4 Å². The molecular weight excluding hydrogens is 362 g/mol. The number of hydrogen-bond donors (Lipinski definition) is 1. The van der Waals surface area contributed by atoms with E-state index in [0.29, 0.717) is 19.5 Å². The zero-order valence-electron chi connectivity index (χ0n) is 17.1. The van der Waals surface area contributed by atoms with E-state index in [1.807, 2.05) is 36.1 Å². The second-order valence-corrected chi connectivity index (χ2v) is 8.35. The Morgan fingerprint density at radius 3 is 2.66 bits per heavy atom. The molecule has 0 bridgehead atoms. The molecule has 4 rings (SSSR count). The summed E-state index contributed by atoms with van der Waals surface area (Å²) in [5.74, 6) is 0.489. The van der Waals surface area contributed by atoms with E-state index in [-0.39, 0.29) is 17.7 Å². The third-order valence-electron chi connectivity index (χ3n) is 6.17. The summed E-state index contributed by atoms with van der Waals surface area (Å²) in [4.78, 5) is 32.1. The van der Waals surface area contributed by atoms with E-state index in [1.165, 1.54) is 0 Å². The molecule has 1 saturated carbocycles. The van der Waals surface area contributed by atoms with Crippen LogP contribution in [-0.4, -0.2) is 41.3 Å². The molecule has 1 aliphatic carbocycles. The average Bonchev–Trinajstić information content (AvgIpc) is 3.60. The minimum atomic E-state index is -0.581. The number of hydrogen-bond acceptors (Lipinski definition) is 3. The van der Waals surface area contributed by atoms with E-state index in [2.05, 4.69) is 22.4 Å². The van der Waals surface area contributed by atoms with Gasteiger partial charge in [-0.25, -0.2) is 0 Å². The summed E-state index contributed by atoms with van der Waals surface area (Å²) in [6.45, 7) is 3.83. The van der Waals surface area contributed by atoms with E-state index in [4.69, 9.17) is 0 Å². The molecule has 1 N–H and O–H groups in total. The Bertz CT molecular complexity index is 879. The topological polar surface area (TPSA) is 62.3 Å². The molecule has 29 heavy (non-hydrogen) atoms. The van der Waals surface area contributed by atoms with Gasteiger partial charge in [-0.3, -0.25) is 14.6 Å². The molecule has 1 aromatic carbocycles.